The van der Waals surface area contributed by atoms with E-state index in [0.29, 0.717) is 18.2 Å². The molecule has 1 saturated carbocycles. The van der Waals surface area contributed by atoms with E-state index in [4.69, 9.17) is 0 Å². The summed E-state index contributed by atoms with van der Waals surface area (Å²) >= 11 is 0. The molecule has 0 atom stereocenters. The Morgan fingerprint density at radius 1 is 1.26 bits per heavy atom. The smallest absolute Gasteiger partial charge is 0.200 e. The maximum atomic E-state index is 13.9. The minimum Gasteiger partial charge on any atom is -0.310 e. The first-order valence-corrected chi connectivity index (χ1v) is 8.10. The highest BCUT2D eigenvalue weighted by Crippen LogP contribution is 2.35. The van der Waals surface area contributed by atoms with Crippen LogP contribution in [0.3, 0.4) is 0 Å². The first kappa shape index (κ1) is 12.8. The minimum absolute atomic E-state index is 0.0933. The SMILES string of the molecule is O=S1(=O)C=C(CNC2CCCC2)c2c(F)cccc21. The lowest BCUT2D eigenvalue weighted by Gasteiger charge is -2.12. The molecule has 0 spiro atoms. The van der Waals surface area contributed by atoms with E-state index >= 15 is 0 Å². The monoisotopic (exact) mass is 281 g/mol. The Hall–Kier alpha value is -1.20. The molecule has 0 amide bonds. The van der Waals surface area contributed by atoms with E-state index < -0.39 is 15.7 Å². The molecule has 1 aliphatic carbocycles. The summed E-state index contributed by atoms with van der Waals surface area (Å²) in [5.41, 5.74) is 0.785. The molecule has 5 heteroatoms. The Kier molecular flexibility index (Phi) is 3.19. The zero-order valence-electron chi connectivity index (χ0n) is 10.5. The third-order valence-electron chi connectivity index (χ3n) is 3.84. The summed E-state index contributed by atoms with van der Waals surface area (Å²) in [4.78, 5) is 0.0933. The van der Waals surface area contributed by atoms with Crippen molar-refractivity contribution in [3.8, 4) is 0 Å². The van der Waals surface area contributed by atoms with Gasteiger partial charge in [0.25, 0.3) is 0 Å². The summed E-state index contributed by atoms with van der Waals surface area (Å²) in [6.07, 6.45) is 4.65. The van der Waals surface area contributed by atoms with Gasteiger partial charge < -0.3 is 5.32 Å². The average Bonchev–Trinajstić information content (AvgIpc) is 2.95. The topological polar surface area (TPSA) is 46.2 Å². The highest BCUT2D eigenvalue weighted by Gasteiger charge is 2.29. The number of hydrogen-bond donors (Lipinski definition) is 1. The largest absolute Gasteiger partial charge is 0.310 e. The van der Waals surface area contributed by atoms with Gasteiger partial charge in [0.15, 0.2) is 0 Å². The molecule has 102 valence electrons. The van der Waals surface area contributed by atoms with Crippen molar-refractivity contribution < 1.29 is 12.8 Å². The zero-order chi connectivity index (χ0) is 13.5. The van der Waals surface area contributed by atoms with Crippen molar-refractivity contribution in [3.63, 3.8) is 0 Å². The second-order valence-electron chi connectivity index (χ2n) is 5.16. The van der Waals surface area contributed by atoms with E-state index in [-0.39, 0.29) is 10.5 Å². The molecule has 1 fully saturated rings. The third-order valence-corrected chi connectivity index (χ3v) is 5.38. The molecule has 0 saturated heterocycles. The summed E-state index contributed by atoms with van der Waals surface area (Å²) in [5.74, 6) is -0.460. The van der Waals surface area contributed by atoms with Gasteiger partial charge in [-0.05, 0) is 30.5 Å². The van der Waals surface area contributed by atoms with Crippen LogP contribution in [0.2, 0.25) is 0 Å². The molecule has 0 bridgehead atoms. The first-order chi connectivity index (χ1) is 9.08. The molecule has 3 nitrogen and oxygen atoms in total. The fourth-order valence-electron chi connectivity index (χ4n) is 2.88. The highest BCUT2D eigenvalue weighted by molar-refractivity contribution is 7.95. The van der Waals surface area contributed by atoms with Crippen molar-refractivity contribution in [2.75, 3.05) is 6.54 Å². The Balaban J connectivity index is 1.87. The standard InChI is InChI=1S/C14H16FNO2S/c15-12-6-3-7-13-14(12)10(9-19(13,17)18)8-16-11-4-1-2-5-11/h3,6-7,9,11,16H,1-2,4-5,8H2. The van der Waals surface area contributed by atoms with Gasteiger partial charge in [-0.3, -0.25) is 0 Å². The summed E-state index contributed by atoms with van der Waals surface area (Å²) in [5, 5.41) is 4.53. The van der Waals surface area contributed by atoms with Crippen LogP contribution in [-0.2, 0) is 9.84 Å². The van der Waals surface area contributed by atoms with Crippen molar-refractivity contribution >= 4 is 15.4 Å². The molecule has 19 heavy (non-hydrogen) atoms. The number of hydrogen-bond acceptors (Lipinski definition) is 3. The second-order valence-corrected chi connectivity index (χ2v) is 6.93. The molecule has 1 aromatic carbocycles. The summed E-state index contributed by atoms with van der Waals surface area (Å²) in [7, 11) is -3.47. The van der Waals surface area contributed by atoms with Crippen molar-refractivity contribution in [2.24, 2.45) is 0 Å². The number of sulfone groups is 1. The van der Waals surface area contributed by atoms with Gasteiger partial charge in [0, 0.05) is 23.6 Å². The van der Waals surface area contributed by atoms with Gasteiger partial charge in [-0.15, -0.1) is 0 Å². The second kappa shape index (κ2) is 4.72. The van der Waals surface area contributed by atoms with Crippen LogP contribution in [-0.4, -0.2) is 21.0 Å². The maximum Gasteiger partial charge on any atom is 0.200 e. The van der Waals surface area contributed by atoms with E-state index in [9.17, 15) is 12.8 Å². The van der Waals surface area contributed by atoms with Crippen molar-refractivity contribution in [3.05, 3.63) is 35.0 Å². The van der Waals surface area contributed by atoms with E-state index in [1.54, 1.807) is 0 Å². The Bertz CT molecular complexity index is 631. The van der Waals surface area contributed by atoms with Crippen LogP contribution in [0, 0.1) is 5.82 Å². The molecule has 1 N–H and O–H groups in total. The van der Waals surface area contributed by atoms with Gasteiger partial charge >= 0.3 is 0 Å². The lowest BCUT2D eigenvalue weighted by atomic mass is 10.1. The summed E-state index contributed by atoms with van der Waals surface area (Å²) < 4.78 is 37.7. The molecule has 1 aliphatic heterocycles. The van der Waals surface area contributed by atoms with Crippen molar-refractivity contribution in [1.29, 1.82) is 0 Å². The van der Waals surface area contributed by atoms with Crippen molar-refractivity contribution in [2.45, 2.75) is 36.6 Å². The molecule has 1 aromatic rings. The fraction of sp³-hybridized carbons (Fsp3) is 0.429. The zero-order valence-corrected chi connectivity index (χ0v) is 11.3. The lowest BCUT2D eigenvalue weighted by molar-refractivity contribution is 0.558. The first-order valence-electron chi connectivity index (χ1n) is 6.56. The number of benzene rings is 1. The van der Waals surface area contributed by atoms with Crippen LogP contribution in [0.25, 0.3) is 5.57 Å². The van der Waals surface area contributed by atoms with Gasteiger partial charge in [0.1, 0.15) is 5.82 Å². The fourth-order valence-corrected chi connectivity index (χ4v) is 4.36. The average molecular weight is 281 g/mol. The van der Waals surface area contributed by atoms with E-state index in [1.165, 1.54) is 36.4 Å². The van der Waals surface area contributed by atoms with E-state index in [2.05, 4.69) is 5.32 Å². The molecular weight excluding hydrogens is 265 g/mol. The lowest BCUT2D eigenvalue weighted by Crippen LogP contribution is -2.27. The van der Waals surface area contributed by atoms with Gasteiger partial charge in [-0.25, -0.2) is 12.8 Å². The number of rotatable bonds is 3. The Morgan fingerprint density at radius 3 is 2.74 bits per heavy atom. The molecule has 0 aromatic heterocycles. The molecular formula is C14H16FNO2S. The van der Waals surface area contributed by atoms with Gasteiger partial charge in [0.2, 0.25) is 9.84 Å². The minimum atomic E-state index is -3.47. The molecule has 0 radical (unpaired) electrons. The van der Waals surface area contributed by atoms with E-state index in [1.807, 2.05) is 0 Å². The summed E-state index contributed by atoms with van der Waals surface area (Å²) in [6.45, 7) is 0.415. The number of fused-ring (bicyclic) bond motifs is 1. The highest BCUT2D eigenvalue weighted by atomic mass is 32.2. The molecule has 0 unspecified atom stereocenters. The predicted octanol–water partition coefficient (Wildman–Crippen LogP) is 2.49. The predicted molar refractivity (Wildman–Crippen MR) is 71.8 cm³/mol. The van der Waals surface area contributed by atoms with Crippen LogP contribution < -0.4 is 5.32 Å². The van der Waals surface area contributed by atoms with Gasteiger partial charge in [-0.2, -0.15) is 0 Å². The van der Waals surface area contributed by atoms with E-state index in [0.717, 1.165) is 12.8 Å². The molecule has 3 rings (SSSR count). The molecule has 1 heterocycles. The number of halogens is 1. The third kappa shape index (κ3) is 2.32. The van der Waals surface area contributed by atoms with Crippen LogP contribution >= 0.6 is 0 Å². The Morgan fingerprint density at radius 2 is 2.00 bits per heavy atom. The summed E-state index contributed by atoms with van der Waals surface area (Å²) in [6, 6.07) is 4.64. The van der Waals surface area contributed by atoms with Gasteiger partial charge in [-0.1, -0.05) is 18.9 Å². The number of nitrogens with one attached hydrogen (secondary N) is 1. The van der Waals surface area contributed by atoms with Gasteiger partial charge in [0.05, 0.1) is 4.90 Å². The quantitative estimate of drug-likeness (QED) is 0.926. The van der Waals surface area contributed by atoms with Crippen LogP contribution in [0.4, 0.5) is 4.39 Å². The Labute approximate surface area is 112 Å². The maximum absolute atomic E-state index is 13.9. The van der Waals surface area contributed by atoms with Crippen LogP contribution in [0.5, 0.6) is 0 Å². The molecule has 2 aliphatic rings. The van der Waals surface area contributed by atoms with Crippen LogP contribution in [0.15, 0.2) is 28.5 Å². The van der Waals surface area contributed by atoms with Crippen LogP contribution in [0.1, 0.15) is 31.2 Å². The van der Waals surface area contributed by atoms with Crippen molar-refractivity contribution in [1.82, 2.24) is 5.32 Å². The normalized spacial score (nSPS) is 21.4.